The van der Waals surface area contributed by atoms with Crippen LogP contribution in [0.1, 0.15) is 10.4 Å². The van der Waals surface area contributed by atoms with Crippen molar-refractivity contribution in [3.63, 3.8) is 0 Å². The van der Waals surface area contributed by atoms with Gasteiger partial charge in [0.05, 0.1) is 18.4 Å². The Morgan fingerprint density at radius 1 is 1.47 bits per heavy atom. The van der Waals surface area contributed by atoms with E-state index in [9.17, 15) is 18.0 Å². The first kappa shape index (κ1) is 13.7. The van der Waals surface area contributed by atoms with E-state index >= 15 is 0 Å². The second kappa shape index (κ2) is 5.28. The van der Waals surface area contributed by atoms with Crippen molar-refractivity contribution >= 4 is 23.4 Å². The van der Waals surface area contributed by atoms with Gasteiger partial charge in [0.25, 0.3) is 0 Å². The van der Waals surface area contributed by atoms with E-state index < -0.39 is 23.2 Å². The molecule has 94 valence electrons. The molecule has 0 aliphatic rings. The molecular weight excluding hydrogens is 257 g/mol. The van der Waals surface area contributed by atoms with E-state index in [1.54, 1.807) is 0 Å². The van der Waals surface area contributed by atoms with Gasteiger partial charge >= 0.3 is 11.5 Å². The average Bonchev–Trinajstić information content (AvgIpc) is 2.25. The summed E-state index contributed by atoms with van der Waals surface area (Å²) in [7, 11) is 1.08. The van der Waals surface area contributed by atoms with Gasteiger partial charge in [0.2, 0.25) is 0 Å². The van der Waals surface area contributed by atoms with E-state index in [0.717, 1.165) is 7.11 Å². The number of hydrogen-bond acceptors (Lipinski definition) is 5. The van der Waals surface area contributed by atoms with Crippen molar-refractivity contribution in [2.75, 3.05) is 12.5 Å². The molecule has 0 radical (unpaired) electrons. The summed E-state index contributed by atoms with van der Waals surface area (Å²) in [6.07, 6.45) is 0. The number of carbonyl (C=O) groups is 1. The number of anilines is 1. The van der Waals surface area contributed by atoms with Crippen molar-refractivity contribution in [2.45, 2.75) is 10.4 Å². The summed E-state index contributed by atoms with van der Waals surface area (Å²) >= 11 is -0.396. The number of hydrogen-bond donors (Lipinski definition) is 2. The lowest BCUT2D eigenvalue weighted by Crippen LogP contribution is -2.14. The Kier molecular flexibility index (Phi) is 4.24. The maximum absolute atomic E-state index is 12.3. The molecule has 3 N–H and O–H groups in total. The number of thioether (sulfide) groups is 1. The number of ether oxygens (including phenoxy) is 1. The molecule has 8 heteroatoms. The van der Waals surface area contributed by atoms with Crippen LogP contribution in [0.15, 0.2) is 23.1 Å². The van der Waals surface area contributed by atoms with Gasteiger partial charge < -0.3 is 10.2 Å². The third-order valence-corrected chi connectivity index (χ3v) is 2.59. The second-order valence-electron chi connectivity index (χ2n) is 2.86. The molecule has 0 amide bonds. The Labute approximate surface area is 99.3 Å². The Morgan fingerprint density at radius 3 is 2.59 bits per heavy atom. The van der Waals surface area contributed by atoms with Gasteiger partial charge in [0, 0.05) is 4.90 Å². The lowest BCUT2D eigenvalue weighted by atomic mass is 10.2. The molecule has 0 spiro atoms. The number of carbonyl (C=O) groups excluding carboxylic acids is 1. The number of methoxy groups -OCH3 is 1. The molecule has 1 rings (SSSR count). The Bertz CT molecular complexity index is 423. The minimum Gasteiger partial charge on any atom is -0.465 e. The first-order chi connectivity index (χ1) is 7.89. The molecule has 0 bridgehead atoms. The molecule has 4 nitrogen and oxygen atoms in total. The Hall–Kier alpha value is -1.41. The molecule has 0 heterocycles. The van der Waals surface area contributed by atoms with Crippen LogP contribution in [0.3, 0.4) is 0 Å². The molecular formula is C9H9F3N2O2S. The maximum Gasteiger partial charge on any atom is 0.446 e. The topological polar surface area (TPSA) is 64.3 Å². The highest BCUT2D eigenvalue weighted by Gasteiger charge is 2.32. The fourth-order valence-electron chi connectivity index (χ4n) is 1.17. The van der Waals surface area contributed by atoms with Crippen LogP contribution < -0.4 is 11.3 Å². The van der Waals surface area contributed by atoms with Crippen LogP contribution in [0.25, 0.3) is 0 Å². The summed E-state index contributed by atoms with van der Waals surface area (Å²) in [6, 6.07) is 3.91. The molecule has 17 heavy (non-hydrogen) atoms. The van der Waals surface area contributed by atoms with Crippen LogP contribution in [-0.4, -0.2) is 18.6 Å². The number of esters is 1. The summed E-state index contributed by atoms with van der Waals surface area (Å²) in [5.41, 5.74) is -2.50. The molecule has 0 atom stereocenters. The van der Waals surface area contributed by atoms with Crippen molar-refractivity contribution in [3.05, 3.63) is 23.8 Å². The number of alkyl halides is 3. The van der Waals surface area contributed by atoms with Gasteiger partial charge in [-0.25, -0.2) is 4.79 Å². The molecule has 0 aliphatic carbocycles. The van der Waals surface area contributed by atoms with Crippen molar-refractivity contribution in [1.29, 1.82) is 0 Å². The zero-order valence-electron chi connectivity index (χ0n) is 8.67. The van der Waals surface area contributed by atoms with Crippen LogP contribution >= 0.6 is 11.8 Å². The van der Waals surface area contributed by atoms with Gasteiger partial charge in [-0.1, -0.05) is 6.07 Å². The smallest absolute Gasteiger partial charge is 0.446 e. The largest absolute Gasteiger partial charge is 0.465 e. The molecule has 0 aromatic heterocycles. The first-order valence-electron chi connectivity index (χ1n) is 4.32. The number of halogens is 3. The number of hydrazine groups is 1. The summed E-state index contributed by atoms with van der Waals surface area (Å²) < 4.78 is 41.3. The molecule has 0 unspecified atom stereocenters. The van der Waals surface area contributed by atoms with Crippen molar-refractivity contribution in [3.8, 4) is 0 Å². The van der Waals surface area contributed by atoms with Crippen LogP contribution in [0, 0.1) is 0 Å². The summed E-state index contributed by atoms with van der Waals surface area (Å²) in [6.45, 7) is 0. The number of nitrogens with two attached hydrogens (primary N) is 1. The highest BCUT2D eigenvalue weighted by Crippen LogP contribution is 2.40. The number of nitrogen functional groups attached to an aromatic ring is 1. The van der Waals surface area contributed by atoms with Gasteiger partial charge in [0.1, 0.15) is 0 Å². The molecule has 0 fully saturated rings. The van der Waals surface area contributed by atoms with E-state index in [0.29, 0.717) is 0 Å². The Morgan fingerprint density at radius 2 is 2.12 bits per heavy atom. The van der Waals surface area contributed by atoms with Crippen LogP contribution in [0.2, 0.25) is 0 Å². The monoisotopic (exact) mass is 266 g/mol. The molecule has 0 saturated carbocycles. The zero-order valence-corrected chi connectivity index (χ0v) is 9.48. The van der Waals surface area contributed by atoms with Gasteiger partial charge in [-0.2, -0.15) is 13.2 Å². The minimum atomic E-state index is -4.49. The highest BCUT2D eigenvalue weighted by atomic mass is 32.2. The van der Waals surface area contributed by atoms with E-state index in [1.165, 1.54) is 18.2 Å². The number of benzene rings is 1. The lowest BCUT2D eigenvalue weighted by Gasteiger charge is -2.13. The average molecular weight is 266 g/mol. The molecule has 0 aliphatic heterocycles. The zero-order chi connectivity index (χ0) is 13.1. The van der Waals surface area contributed by atoms with E-state index in [2.05, 4.69) is 10.2 Å². The van der Waals surface area contributed by atoms with Crippen LogP contribution in [0.5, 0.6) is 0 Å². The second-order valence-corrected chi connectivity index (χ2v) is 3.97. The number of nitrogens with one attached hydrogen (secondary N) is 1. The standard InChI is InChI=1S/C9H9F3N2O2S/c1-16-8(15)7-5(14-13)3-2-4-6(7)17-9(10,11)12/h2-4,14H,13H2,1H3. The Balaban J connectivity index is 3.24. The van der Waals surface area contributed by atoms with E-state index in [4.69, 9.17) is 5.84 Å². The van der Waals surface area contributed by atoms with Crippen LogP contribution in [-0.2, 0) is 4.74 Å². The summed E-state index contributed by atoms with van der Waals surface area (Å²) in [5.74, 6) is 4.24. The van der Waals surface area contributed by atoms with Gasteiger partial charge in [0.15, 0.2) is 0 Å². The first-order valence-corrected chi connectivity index (χ1v) is 5.14. The third-order valence-electron chi connectivity index (χ3n) is 1.80. The highest BCUT2D eigenvalue weighted by molar-refractivity contribution is 8.00. The maximum atomic E-state index is 12.3. The van der Waals surface area contributed by atoms with Crippen molar-refractivity contribution in [2.24, 2.45) is 5.84 Å². The minimum absolute atomic E-state index is 0.0751. The normalized spacial score (nSPS) is 11.1. The van der Waals surface area contributed by atoms with Crippen LogP contribution in [0.4, 0.5) is 18.9 Å². The third kappa shape index (κ3) is 3.53. The predicted octanol–water partition coefficient (Wildman–Crippen LogP) is 2.37. The fourth-order valence-corrected chi connectivity index (χ4v) is 1.87. The van der Waals surface area contributed by atoms with E-state index in [-0.39, 0.29) is 16.1 Å². The lowest BCUT2D eigenvalue weighted by molar-refractivity contribution is -0.0328. The van der Waals surface area contributed by atoms with Gasteiger partial charge in [-0.3, -0.25) is 5.84 Å². The summed E-state index contributed by atoms with van der Waals surface area (Å²) in [5, 5.41) is 0. The van der Waals surface area contributed by atoms with E-state index in [1.807, 2.05) is 0 Å². The molecule has 1 aromatic carbocycles. The fraction of sp³-hybridized carbons (Fsp3) is 0.222. The molecule has 1 aromatic rings. The summed E-state index contributed by atoms with van der Waals surface area (Å²) in [4.78, 5) is 11.1. The molecule has 0 saturated heterocycles. The quantitative estimate of drug-likeness (QED) is 0.380. The van der Waals surface area contributed by atoms with Gasteiger partial charge in [-0.05, 0) is 23.9 Å². The van der Waals surface area contributed by atoms with Gasteiger partial charge in [-0.15, -0.1) is 0 Å². The van der Waals surface area contributed by atoms with Crippen molar-refractivity contribution in [1.82, 2.24) is 0 Å². The van der Waals surface area contributed by atoms with Crippen molar-refractivity contribution < 1.29 is 22.7 Å². The SMILES string of the molecule is COC(=O)c1c(NN)cccc1SC(F)(F)F. The number of rotatable bonds is 3. The predicted molar refractivity (Wildman–Crippen MR) is 57.5 cm³/mol.